The van der Waals surface area contributed by atoms with Crippen molar-refractivity contribution in [2.24, 2.45) is 5.73 Å². The molecule has 2 aromatic carbocycles. The number of nitrogens with two attached hydrogens (primary N) is 1. The van der Waals surface area contributed by atoms with E-state index in [-0.39, 0.29) is 29.8 Å². The number of nitrogens with zero attached hydrogens (tertiary/aromatic N) is 3. The molecule has 2 fully saturated rings. The van der Waals surface area contributed by atoms with E-state index >= 15 is 0 Å². The second kappa shape index (κ2) is 12.1. The van der Waals surface area contributed by atoms with Crippen molar-refractivity contribution in [3.05, 3.63) is 89.7 Å². The zero-order valence-electron chi connectivity index (χ0n) is 21.9. The van der Waals surface area contributed by atoms with Crippen molar-refractivity contribution in [3.63, 3.8) is 0 Å². The molecule has 1 saturated heterocycles. The quantitative estimate of drug-likeness (QED) is 0.453. The van der Waals surface area contributed by atoms with Crippen molar-refractivity contribution in [2.75, 3.05) is 36.4 Å². The number of piperazine rings is 1. The Bertz CT molecular complexity index is 1300. The first-order valence-electron chi connectivity index (χ1n) is 13.5. The van der Waals surface area contributed by atoms with Crippen molar-refractivity contribution >= 4 is 29.1 Å². The molecule has 202 valence electrons. The van der Waals surface area contributed by atoms with E-state index in [1.807, 2.05) is 29.2 Å². The van der Waals surface area contributed by atoms with Gasteiger partial charge in [-0.05, 0) is 68.1 Å². The van der Waals surface area contributed by atoms with Gasteiger partial charge in [-0.25, -0.2) is 0 Å². The van der Waals surface area contributed by atoms with Gasteiger partial charge in [0.15, 0.2) is 0 Å². The molecular weight excluding hydrogens is 492 g/mol. The van der Waals surface area contributed by atoms with Gasteiger partial charge in [-0.1, -0.05) is 18.2 Å². The van der Waals surface area contributed by atoms with Gasteiger partial charge < -0.3 is 26.2 Å². The van der Waals surface area contributed by atoms with Crippen molar-refractivity contribution in [1.82, 2.24) is 15.2 Å². The molecule has 0 atom stereocenters. The van der Waals surface area contributed by atoms with Crippen LogP contribution in [0.5, 0.6) is 0 Å². The maximum atomic E-state index is 13.1. The molecule has 5 rings (SSSR count). The SMILES string of the molecule is NC1CCC(NC(=O)c2ccc(N3CCN(C(=O)c4cccnc4)CC3)c(NC(=O)c3ccccc3)c2)CC1. The van der Waals surface area contributed by atoms with Crippen LogP contribution in [0, 0.1) is 0 Å². The third-order valence-corrected chi connectivity index (χ3v) is 7.47. The molecule has 0 bridgehead atoms. The van der Waals surface area contributed by atoms with E-state index in [1.165, 1.54) is 0 Å². The summed E-state index contributed by atoms with van der Waals surface area (Å²) in [4.78, 5) is 47.1. The average molecular weight is 527 g/mol. The third kappa shape index (κ3) is 6.43. The van der Waals surface area contributed by atoms with Crippen LogP contribution < -0.4 is 21.3 Å². The molecule has 9 nitrogen and oxygen atoms in total. The Kier molecular flexibility index (Phi) is 8.17. The van der Waals surface area contributed by atoms with Crippen LogP contribution in [0.15, 0.2) is 73.1 Å². The fourth-order valence-corrected chi connectivity index (χ4v) is 5.19. The van der Waals surface area contributed by atoms with E-state index in [2.05, 4.69) is 20.5 Å². The molecule has 2 aliphatic rings. The summed E-state index contributed by atoms with van der Waals surface area (Å²) in [6.45, 7) is 2.25. The number of carbonyl (C=O) groups excluding carboxylic acids is 3. The van der Waals surface area contributed by atoms with Gasteiger partial charge in [0.1, 0.15) is 0 Å². The summed E-state index contributed by atoms with van der Waals surface area (Å²) in [7, 11) is 0. The molecule has 39 heavy (non-hydrogen) atoms. The fraction of sp³-hybridized carbons (Fsp3) is 0.333. The minimum absolute atomic E-state index is 0.0453. The van der Waals surface area contributed by atoms with E-state index in [0.29, 0.717) is 48.6 Å². The smallest absolute Gasteiger partial charge is 0.255 e. The summed E-state index contributed by atoms with van der Waals surface area (Å²) >= 11 is 0. The van der Waals surface area contributed by atoms with Gasteiger partial charge in [0, 0.05) is 61.8 Å². The van der Waals surface area contributed by atoms with Crippen LogP contribution in [-0.2, 0) is 0 Å². The van der Waals surface area contributed by atoms with Crippen LogP contribution in [0.4, 0.5) is 11.4 Å². The number of nitrogens with one attached hydrogen (secondary N) is 2. The Labute approximate surface area is 228 Å². The Hall–Kier alpha value is -4.24. The average Bonchev–Trinajstić information content (AvgIpc) is 2.99. The van der Waals surface area contributed by atoms with Crippen LogP contribution >= 0.6 is 0 Å². The first-order valence-corrected chi connectivity index (χ1v) is 13.5. The number of anilines is 2. The van der Waals surface area contributed by atoms with Crippen molar-refractivity contribution < 1.29 is 14.4 Å². The minimum atomic E-state index is -0.249. The van der Waals surface area contributed by atoms with Crippen LogP contribution in [0.25, 0.3) is 0 Å². The van der Waals surface area contributed by atoms with Gasteiger partial charge in [0.2, 0.25) is 0 Å². The number of hydrogen-bond donors (Lipinski definition) is 3. The number of rotatable bonds is 6. The predicted molar refractivity (Wildman–Crippen MR) is 151 cm³/mol. The largest absolute Gasteiger partial charge is 0.366 e. The monoisotopic (exact) mass is 526 g/mol. The highest BCUT2D eigenvalue weighted by Gasteiger charge is 2.26. The van der Waals surface area contributed by atoms with Crippen molar-refractivity contribution in [1.29, 1.82) is 0 Å². The number of amides is 3. The highest BCUT2D eigenvalue weighted by atomic mass is 16.2. The van der Waals surface area contributed by atoms with Gasteiger partial charge >= 0.3 is 0 Å². The molecule has 1 saturated carbocycles. The highest BCUT2D eigenvalue weighted by molar-refractivity contribution is 6.07. The lowest BCUT2D eigenvalue weighted by atomic mass is 9.91. The van der Waals surface area contributed by atoms with Gasteiger partial charge in [-0.2, -0.15) is 0 Å². The molecule has 0 unspecified atom stereocenters. The van der Waals surface area contributed by atoms with Crippen molar-refractivity contribution in [2.45, 2.75) is 37.8 Å². The third-order valence-electron chi connectivity index (χ3n) is 7.47. The lowest BCUT2D eigenvalue weighted by Gasteiger charge is -2.37. The summed E-state index contributed by atoms with van der Waals surface area (Å²) in [6.07, 6.45) is 6.76. The second-order valence-corrected chi connectivity index (χ2v) is 10.2. The lowest BCUT2D eigenvalue weighted by molar-refractivity contribution is 0.0746. The van der Waals surface area contributed by atoms with E-state index in [9.17, 15) is 14.4 Å². The number of hydrogen-bond acceptors (Lipinski definition) is 6. The fourth-order valence-electron chi connectivity index (χ4n) is 5.19. The van der Waals surface area contributed by atoms with Crippen LogP contribution in [0.2, 0.25) is 0 Å². The first kappa shape index (κ1) is 26.4. The summed E-state index contributed by atoms with van der Waals surface area (Å²) < 4.78 is 0. The van der Waals surface area contributed by atoms with Crippen molar-refractivity contribution in [3.8, 4) is 0 Å². The Morgan fingerprint density at radius 2 is 1.51 bits per heavy atom. The van der Waals surface area contributed by atoms with Crippen LogP contribution in [0.1, 0.15) is 56.8 Å². The van der Waals surface area contributed by atoms with Gasteiger partial charge in [0.05, 0.1) is 16.9 Å². The molecule has 3 aromatic rings. The highest BCUT2D eigenvalue weighted by Crippen LogP contribution is 2.30. The number of benzene rings is 2. The molecule has 3 amide bonds. The predicted octanol–water partition coefficient (Wildman–Crippen LogP) is 3.30. The molecule has 0 radical (unpaired) electrons. The number of carbonyl (C=O) groups is 3. The molecule has 1 aliphatic carbocycles. The molecular formula is C30H34N6O3. The summed E-state index contributed by atoms with van der Waals surface area (Å²) in [5, 5.41) is 6.15. The summed E-state index contributed by atoms with van der Waals surface area (Å²) in [6, 6.07) is 18.2. The van der Waals surface area contributed by atoms with E-state index < -0.39 is 0 Å². The Morgan fingerprint density at radius 3 is 2.21 bits per heavy atom. The van der Waals surface area contributed by atoms with Crippen LogP contribution in [-0.4, -0.2) is 65.9 Å². The second-order valence-electron chi connectivity index (χ2n) is 10.2. The molecule has 1 aromatic heterocycles. The Morgan fingerprint density at radius 1 is 0.795 bits per heavy atom. The molecule has 0 spiro atoms. The zero-order valence-corrected chi connectivity index (χ0v) is 21.9. The number of aromatic nitrogens is 1. The van der Waals surface area contributed by atoms with E-state index in [1.54, 1.807) is 48.8 Å². The molecule has 9 heteroatoms. The normalized spacial score (nSPS) is 19.3. The molecule has 2 heterocycles. The summed E-state index contributed by atoms with van der Waals surface area (Å²) in [5.41, 5.74) is 8.98. The lowest BCUT2D eigenvalue weighted by Crippen LogP contribution is -2.49. The zero-order chi connectivity index (χ0) is 27.2. The topological polar surface area (TPSA) is 121 Å². The van der Waals surface area contributed by atoms with Gasteiger partial charge in [-0.3, -0.25) is 19.4 Å². The first-order chi connectivity index (χ1) is 19.0. The van der Waals surface area contributed by atoms with E-state index in [0.717, 1.165) is 31.4 Å². The molecule has 4 N–H and O–H groups in total. The standard InChI is InChI=1S/C30H34N6O3/c31-24-9-11-25(12-10-24)33-29(38)22-8-13-27(26(19-22)34-28(37)21-5-2-1-3-6-21)35-15-17-36(18-16-35)30(39)23-7-4-14-32-20-23/h1-8,13-14,19-20,24-25H,9-12,15-18,31H2,(H,33,38)(H,34,37). The van der Waals surface area contributed by atoms with E-state index in [4.69, 9.17) is 5.73 Å². The minimum Gasteiger partial charge on any atom is -0.366 e. The Balaban J connectivity index is 1.33. The summed E-state index contributed by atoms with van der Waals surface area (Å²) in [5.74, 6) is -0.457. The molecule has 1 aliphatic heterocycles. The van der Waals surface area contributed by atoms with Gasteiger partial charge in [0.25, 0.3) is 17.7 Å². The maximum absolute atomic E-state index is 13.1. The van der Waals surface area contributed by atoms with Gasteiger partial charge in [-0.15, -0.1) is 0 Å². The maximum Gasteiger partial charge on any atom is 0.255 e. The van der Waals surface area contributed by atoms with Crippen LogP contribution in [0.3, 0.4) is 0 Å². The number of pyridine rings is 1.